The second-order valence-electron chi connectivity index (χ2n) is 7.69. The fraction of sp³-hybridized carbons (Fsp3) is 0.875. The van der Waals surface area contributed by atoms with Crippen LogP contribution in [0.3, 0.4) is 0 Å². The van der Waals surface area contributed by atoms with Crippen LogP contribution in [0.1, 0.15) is 32.1 Å². The standard InChI is InChI=1S/C16H26N6O2/c23-15(24)16-10-20(6-3-7-22-12-17-18-19-22)8-13(16)9-21(11-16)14-4-1-2-5-14/h12-14H,1-11H2,(H,23,24)/t13-,16-/m1/s1. The van der Waals surface area contributed by atoms with Crippen LogP contribution in [0.2, 0.25) is 0 Å². The fourth-order valence-electron chi connectivity index (χ4n) is 4.97. The van der Waals surface area contributed by atoms with E-state index >= 15 is 0 Å². The Morgan fingerprint density at radius 1 is 1.21 bits per heavy atom. The predicted molar refractivity (Wildman–Crippen MR) is 86.3 cm³/mol. The molecule has 1 aliphatic carbocycles. The van der Waals surface area contributed by atoms with Gasteiger partial charge in [0, 0.05) is 44.7 Å². The number of hydrogen-bond acceptors (Lipinski definition) is 6. The molecule has 0 unspecified atom stereocenters. The number of likely N-dealkylation sites (tertiary alicyclic amines) is 2. The van der Waals surface area contributed by atoms with Crippen molar-refractivity contribution in [3.05, 3.63) is 6.33 Å². The van der Waals surface area contributed by atoms with Crippen molar-refractivity contribution in [2.75, 3.05) is 32.7 Å². The monoisotopic (exact) mass is 334 g/mol. The molecule has 0 spiro atoms. The van der Waals surface area contributed by atoms with Crippen LogP contribution in [-0.4, -0.2) is 79.8 Å². The molecule has 0 amide bonds. The lowest BCUT2D eigenvalue weighted by molar-refractivity contribution is -0.149. The minimum Gasteiger partial charge on any atom is -0.481 e. The highest BCUT2D eigenvalue weighted by Gasteiger charge is 2.58. The van der Waals surface area contributed by atoms with Crippen molar-refractivity contribution < 1.29 is 9.90 Å². The molecule has 1 N–H and O–H groups in total. The van der Waals surface area contributed by atoms with Gasteiger partial charge in [0.15, 0.2) is 0 Å². The molecule has 132 valence electrons. The van der Waals surface area contributed by atoms with Gasteiger partial charge in [-0.25, -0.2) is 4.68 Å². The Morgan fingerprint density at radius 3 is 2.71 bits per heavy atom. The lowest BCUT2D eigenvalue weighted by atomic mass is 9.81. The van der Waals surface area contributed by atoms with Crippen molar-refractivity contribution in [1.29, 1.82) is 0 Å². The van der Waals surface area contributed by atoms with Crippen molar-refractivity contribution in [1.82, 2.24) is 30.0 Å². The largest absolute Gasteiger partial charge is 0.481 e. The number of carboxylic acids is 1. The van der Waals surface area contributed by atoms with Crippen LogP contribution < -0.4 is 0 Å². The summed E-state index contributed by atoms with van der Waals surface area (Å²) < 4.78 is 1.73. The number of aromatic nitrogens is 4. The molecule has 3 fully saturated rings. The molecule has 0 bridgehead atoms. The summed E-state index contributed by atoms with van der Waals surface area (Å²) in [5, 5.41) is 21.1. The van der Waals surface area contributed by atoms with Crippen molar-refractivity contribution in [3.8, 4) is 0 Å². The van der Waals surface area contributed by atoms with Gasteiger partial charge in [0.2, 0.25) is 0 Å². The van der Waals surface area contributed by atoms with Gasteiger partial charge in [0.1, 0.15) is 6.33 Å². The number of carboxylic acid groups (broad SMARTS) is 1. The van der Waals surface area contributed by atoms with Gasteiger partial charge in [-0.3, -0.25) is 9.69 Å². The van der Waals surface area contributed by atoms with E-state index in [1.54, 1.807) is 11.0 Å². The van der Waals surface area contributed by atoms with Gasteiger partial charge in [-0.05, 0) is 36.2 Å². The summed E-state index contributed by atoms with van der Waals surface area (Å²) in [4.78, 5) is 16.9. The number of nitrogens with zero attached hydrogens (tertiary/aromatic N) is 6. The molecule has 3 aliphatic rings. The average molecular weight is 334 g/mol. The van der Waals surface area contributed by atoms with Crippen LogP contribution >= 0.6 is 0 Å². The van der Waals surface area contributed by atoms with Crippen molar-refractivity contribution in [2.24, 2.45) is 11.3 Å². The van der Waals surface area contributed by atoms with Gasteiger partial charge >= 0.3 is 5.97 Å². The third-order valence-electron chi connectivity index (χ3n) is 6.23. The lowest BCUT2D eigenvalue weighted by Gasteiger charge is -2.28. The first-order valence-electron chi connectivity index (χ1n) is 9.08. The van der Waals surface area contributed by atoms with E-state index in [0.717, 1.165) is 39.1 Å². The van der Waals surface area contributed by atoms with Crippen LogP contribution in [0, 0.1) is 11.3 Å². The maximum atomic E-state index is 12.1. The molecular formula is C16H26N6O2. The van der Waals surface area contributed by atoms with E-state index < -0.39 is 11.4 Å². The number of rotatable bonds is 6. The van der Waals surface area contributed by atoms with E-state index in [1.807, 2.05) is 0 Å². The van der Waals surface area contributed by atoms with Gasteiger partial charge < -0.3 is 10.0 Å². The Labute approximate surface area is 141 Å². The minimum atomic E-state index is -0.601. The van der Waals surface area contributed by atoms with Crippen molar-refractivity contribution in [3.63, 3.8) is 0 Å². The molecular weight excluding hydrogens is 308 g/mol. The number of hydrogen-bond donors (Lipinski definition) is 1. The molecule has 0 radical (unpaired) electrons. The van der Waals surface area contributed by atoms with E-state index in [0.29, 0.717) is 12.6 Å². The number of aliphatic carboxylic acids is 1. The summed E-state index contributed by atoms with van der Waals surface area (Å²) in [7, 11) is 0. The van der Waals surface area contributed by atoms with Crippen LogP contribution in [0.25, 0.3) is 0 Å². The molecule has 3 heterocycles. The zero-order valence-corrected chi connectivity index (χ0v) is 14.0. The number of carbonyl (C=O) groups is 1. The van der Waals surface area contributed by atoms with Gasteiger partial charge in [0.25, 0.3) is 0 Å². The van der Waals surface area contributed by atoms with Crippen LogP contribution in [0.4, 0.5) is 0 Å². The highest BCUT2D eigenvalue weighted by Crippen LogP contribution is 2.45. The van der Waals surface area contributed by atoms with E-state index in [-0.39, 0.29) is 5.92 Å². The van der Waals surface area contributed by atoms with E-state index in [9.17, 15) is 9.90 Å². The molecule has 24 heavy (non-hydrogen) atoms. The summed E-state index contributed by atoms with van der Waals surface area (Å²) in [5.74, 6) is -0.334. The topological polar surface area (TPSA) is 87.4 Å². The fourth-order valence-corrected chi connectivity index (χ4v) is 4.97. The molecule has 8 heteroatoms. The first-order valence-corrected chi connectivity index (χ1v) is 9.08. The van der Waals surface area contributed by atoms with Crippen LogP contribution in [-0.2, 0) is 11.3 Å². The minimum absolute atomic E-state index is 0.267. The van der Waals surface area contributed by atoms with Crippen LogP contribution in [0.15, 0.2) is 6.33 Å². The highest BCUT2D eigenvalue weighted by molar-refractivity contribution is 5.77. The molecule has 1 saturated carbocycles. The zero-order chi connectivity index (χ0) is 16.6. The zero-order valence-electron chi connectivity index (χ0n) is 14.0. The smallest absolute Gasteiger partial charge is 0.312 e. The van der Waals surface area contributed by atoms with E-state index in [4.69, 9.17) is 0 Å². The molecule has 1 aromatic rings. The average Bonchev–Trinajstić information content (AvgIpc) is 3.31. The second kappa shape index (κ2) is 6.40. The first kappa shape index (κ1) is 16.0. The molecule has 8 nitrogen and oxygen atoms in total. The number of fused-ring (bicyclic) bond motifs is 1. The van der Waals surface area contributed by atoms with Crippen LogP contribution in [0.5, 0.6) is 0 Å². The van der Waals surface area contributed by atoms with Crippen molar-refractivity contribution in [2.45, 2.75) is 44.7 Å². The second-order valence-corrected chi connectivity index (χ2v) is 7.69. The summed E-state index contributed by atoms with van der Waals surface area (Å²) >= 11 is 0. The maximum Gasteiger partial charge on any atom is 0.312 e. The number of aryl methyl sites for hydroxylation is 1. The Bertz CT molecular complexity index is 573. The highest BCUT2D eigenvalue weighted by atomic mass is 16.4. The normalized spacial score (nSPS) is 31.8. The third-order valence-corrected chi connectivity index (χ3v) is 6.23. The molecule has 2 saturated heterocycles. The van der Waals surface area contributed by atoms with Gasteiger partial charge in [-0.1, -0.05) is 12.8 Å². The van der Waals surface area contributed by atoms with Gasteiger partial charge in [-0.2, -0.15) is 0 Å². The summed E-state index contributed by atoms with van der Waals surface area (Å²) in [6.07, 6.45) is 7.66. The summed E-state index contributed by atoms with van der Waals surface area (Å²) in [6, 6.07) is 0.625. The van der Waals surface area contributed by atoms with Crippen molar-refractivity contribution >= 4 is 5.97 Å². The summed E-state index contributed by atoms with van der Waals surface area (Å²) in [6.45, 7) is 4.98. The van der Waals surface area contributed by atoms with Gasteiger partial charge in [-0.15, -0.1) is 5.10 Å². The first-order chi connectivity index (χ1) is 11.7. The Morgan fingerprint density at radius 2 is 2.04 bits per heavy atom. The summed E-state index contributed by atoms with van der Waals surface area (Å²) in [5.41, 5.74) is -0.558. The molecule has 0 aromatic carbocycles. The maximum absolute atomic E-state index is 12.1. The lowest BCUT2D eigenvalue weighted by Crippen LogP contribution is -2.42. The third kappa shape index (κ3) is 2.82. The Hall–Kier alpha value is -1.54. The van der Waals surface area contributed by atoms with Gasteiger partial charge in [0.05, 0.1) is 5.41 Å². The Kier molecular flexibility index (Phi) is 4.26. The molecule has 2 atom stereocenters. The Balaban J connectivity index is 1.35. The predicted octanol–water partition coefficient (Wildman–Crippen LogP) is 0.324. The quantitative estimate of drug-likeness (QED) is 0.802. The molecule has 1 aromatic heterocycles. The van der Waals surface area contributed by atoms with E-state index in [2.05, 4.69) is 25.3 Å². The molecule has 2 aliphatic heterocycles. The SMILES string of the molecule is O=C(O)[C@@]12CN(CCCn3cnnn3)C[C@@H]1CN(C1CCCC1)C2. The molecule has 4 rings (SSSR count). The van der Waals surface area contributed by atoms with E-state index in [1.165, 1.54) is 25.7 Å². The number of tetrazole rings is 1.